The summed E-state index contributed by atoms with van der Waals surface area (Å²) in [5, 5.41) is 1.05. The lowest BCUT2D eigenvalue weighted by atomic mass is 10.1. The van der Waals surface area contributed by atoms with Crippen LogP contribution in [0.3, 0.4) is 0 Å². The van der Waals surface area contributed by atoms with Crippen LogP contribution in [0.15, 0.2) is 6.20 Å². The molecule has 1 aliphatic heterocycles. The van der Waals surface area contributed by atoms with Gasteiger partial charge in [-0.05, 0) is 12.8 Å². The summed E-state index contributed by atoms with van der Waals surface area (Å²) in [4.78, 5) is 24.5. The molecule has 2 aromatic heterocycles. The van der Waals surface area contributed by atoms with Crippen LogP contribution in [0.1, 0.15) is 65.0 Å². The third kappa shape index (κ3) is 3.04. The number of fused-ring (bicyclic) bond motifs is 1. The summed E-state index contributed by atoms with van der Waals surface area (Å²) < 4.78 is 2.20. The second-order valence-electron chi connectivity index (χ2n) is 6.42. The van der Waals surface area contributed by atoms with Crippen LogP contribution >= 0.6 is 11.3 Å². The molecule has 0 unspecified atom stereocenters. The van der Waals surface area contributed by atoms with Gasteiger partial charge in [0.05, 0.1) is 23.4 Å². The van der Waals surface area contributed by atoms with Crippen molar-refractivity contribution < 1.29 is 4.79 Å². The Labute approximate surface area is 141 Å². The molecular formula is C17H24N4OS. The summed E-state index contributed by atoms with van der Waals surface area (Å²) >= 11 is 1.53. The van der Waals surface area contributed by atoms with Crippen molar-refractivity contribution in [3.63, 3.8) is 0 Å². The number of aromatic nitrogens is 3. The number of hydrogen-bond acceptors (Lipinski definition) is 4. The first-order chi connectivity index (χ1) is 11.0. The van der Waals surface area contributed by atoms with Gasteiger partial charge in [-0.25, -0.2) is 9.97 Å². The van der Waals surface area contributed by atoms with Gasteiger partial charge in [-0.3, -0.25) is 4.79 Å². The lowest BCUT2D eigenvalue weighted by Gasteiger charge is -2.26. The molecule has 3 heterocycles. The van der Waals surface area contributed by atoms with E-state index in [0.717, 1.165) is 47.2 Å². The Balaban J connectivity index is 1.78. The summed E-state index contributed by atoms with van der Waals surface area (Å²) in [5.41, 5.74) is 2.32. The molecule has 0 aliphatic carbocycles. The Hall–Kier alpha value is -1.69. The maximum Gasteiger partial charge on any atom is 0.265 e. The predicted octanol–water partition coefficient (Wildman–Crippen LogP) is 3.15. The first kappa shape index (κ1) is 16.2. The number of nitrogens with zero attached hydrogens (tertiary/aromatic N) is 4. The molecule has 6 heteroatoms. The maximum absolute atomic E-state index is 12.7. The minimum Gasteiger partial charge on any atom is -0.334 e. The van der Waals surface area contributed by atoms with E-state index in [1.807, 2.05) is 4.90 Å². The van der Waals surface area contributed by atoms with E-state index in [0.29, 0.717) is 12.5 Å². The summed E-state index contributed by atoms with van der Waals surface area (Å²) in [5.74, 6) is 1.59. The molecule has 0 spiro atoms. The van der Waals surface area contributed by atoms with Crippen LogP contribution in [-0.4, -0.2) is 31.9 Å². The SMILES string of the molecule is CCCc1ncc(C(=O)N2CCc3c(nc(C(C)C)n3C)C2)s1. The summed E-state index contributed by atoms with van der Waals surface area (Å²) in [6, 6.07) is 0. The smallest absolute Gasteiger partial charge is 0.265 e. The van der Waals surface area contributed by atoms with Gasteiger partial charge in [0.2, 0.25) is 0 Å². The van der Waals surface area contributed by atoms with Crippen molar-refractivity contribution in [2.45, 2.75) is 52.5 Å². The van der Waals surface area contributed by atoms with Gasteiger partial charge in [0.25, 0.3) is 5.91 Å². The van der Waals surface area contributed by atoms with E-state index in [4.69, 9.17) is 4.98 Å². The van der Waals surface area contributed by atoms with Gasteiger partial charge in [-0.15, -0.1) is 11.3 Å². The van der Waals surface area contributed by atoms with Crippen molar-refractivity contribution in [1.82, 2.24) is 19.4 Å². The molecule has 124 valence electrons. The second-order valence-corrected chi connectivity index (χ2v) is 7.54. The van der Waals surface area contributed by atoms with Crippen LogP contribution in [0, 0.1) is 0 Å². The Bertz CT molecular complexity index is 716. The highest BCUT2D eigenvalue weighted by Crippen LogP contribution is 2.25. The van der Waals surface area contributed by atoms with E-state index in [1.54, 1.807) is 6.20 Å². The second kappa shape index (κ2) is 6.43. The van der Waals surface area contributed by atoms with Gasteiger partial charge in [0.15, 0.2) is 0 Å². The molecule has 0 radical (unpaired) electrons. The van der Waals surface area contributed by atoms with E-state index >= 15 is 0 Å². The highest BCUT2D eigenvalue weighted by atomic mass is 32.1. The first-order valence-corrected chi connectivity index (χ1v) is 9.11. The predicted molar refractivity (Wildman–Crippen MR) is 91.9 cm³/mol. The number of carbonyl (C=O) groups excluding carboxylic acids is 1. The summed E-state index contributed by atoms with van der Waals surface area (Å²) in [7, 11) is 2.08. The van der Waals surface area contributed by atoms with Crippen LogP contribution in [-0.2, 0) is 26.4 Å². The van der Waals surface area contributed by atoms with Gasteiger partial charge in [0, 0.05) is 31.6 Å². The van der Waals surface area contributed by atoms with Gasteiger partial charge in [0.1, 0.15) is 10.7 Å². The molecule has 0 saturated heterocycles. The molecule has 2 aromatic rings. The van der Waals surface area contributed by atoms with E-state index in [2.05, 4.69) is 37.4 Å². The summed E-state index contributed by atoms with van der Waals surface area (Å²) in [6.07, 6.45) is 4.60. The number of carbonyl (C=O) groups is 1. The Morgan fingerprint density at radius 2 is 2.22 bits per heavy atom. The number of aryl methyl sites for hydroxylation is 1. The van der Waals surface area contributed by atoms with E-state index < -0.39 is 0 Å². The van der Waals surface area contributed by atoms with Crippen molar-refractivity contribution in [3.05, 3.63) is 33.3 Å². The van der Waals surface area contributed by atoms with Crippen LogP contribution in [0.2, 0.25) is 0 Å². The molecule has 0 atom stereocenters. The van der Waals surface area contributed by atoms with Crippen LogP contribution < -0.4 is 0 Å². The maximum atomic E-state index is 12.7. The molecule has 0 N–H and O–H groups in total. The Morgan fingerprint density at radius 3 is 2.91 bits per heavy atom. The molecule has 5 nitrogen and oxygen atoms in total. The van der Waals surface area contributed by atoms with Gasteiger partial charge in [-0.1, -0.05) is 20.8 Å². The Morgan fingerprint density at radius 1 is 1.43 bits per heavy atom. The van der Waals surface area contributed by atoms with Crippen molar-refractivity contribution >= 4 is 17.2 Å². The van der Waals surface area contributed by atoms with E-state index in [9.17, 15) is 4.79 Å². The highest BCUT2D eigenvalue weighted by Gasteiger charge is 2.27. The third-order valence-electron chi connectivity index (χ3n) is 4.32. The topological polar surface area (TPSA) is 51.0 Å². The van der Waals surface area contributed by atoms with E-state index in [1.165, 1.54) is 17.0 Å². The number of imidazole rings is 1. The zero-order valence-electron chi connectivity index (χ0n) is 14.3. The molecule has 23 heavy (non-hydrogen) atoms. The molecule has 1 amide bonds. The highest BCUT2D eigenvalue weighted by molar-refractivity contribution is 7.13. The average molecular weight is 332 g/mol. The quantitative estimate of drug-likeness (QED) is 0.864. The minimum absolute atomic E-state index is 0.0900. The number of thiazole rings is 1. The zero-order valence-corrected chi connectivity index (χ0v) is 15.1. The van der Waals surface area contributed by atoms with Gasteiger partial charge >= 0.3 is 0 Å². The van der Waals surface area contributed by atoms with Crippen LogP contribution in [0.4, 0.5) is 0 Å². The number of amides is 1. The Kier molecular flexibility index (Phi) is 4.53. The molecule has 0 fully saturated rings. The van der Waals surface area contributed by atoms with Gasteiger partial charge < -0.3 is 9.47 Å². The number of rotatable bonds is 4. The monoisotopic (exact) mass is 332 g/mol. The van der Waals surface area contributed by atoms with Crippen LogP contribution in [0.25, 0.3) is 0 Å². The fourth-order valence-corrected chi connectivity index (χ4v) is 4.12. The molecule has 1 aliphatic rings. The lowest BCUT2D eigenvalue weighted by Crippen LogP contribution is -2.36. The minimum atomic E-state index is 0.0900. The molecule has 0 saturated carbocycles. The first-order valence-electron chi connectivity index (χ1n) is 8.29. The van der Waals surface area contributed by atoms with Crippen molar-refractivity contribution in [2.75, 3.05) is 6.54 Å². The van der Waals surface area contributed by atoms with Crippen molar-refractivity contribution in [1.29, 1.82) is 0 Å². The largest absolute Gasteiger partial charge is 0.334 e. The molecule has 3 rings (SSSR count). The van der Waals surface area contributed by atoms with E-state index in [-0.39, 0.29) is 5.91 Å². The van der Waals surface area contributed by atoms with Crippen molar-refractivity contribution in [2.24, 2.45) is 7.05 Å². The average Bonchev–Trinajstić information content (AvgIpc) is 3.12. The fourth-order valence-electron chi connectivity index (χ4n) is 3.13. The lowest BCUT2D eigenvalue weighted by molar-refractivity contribution is 0.0736. The zero-order chi connectivity index (χ0) is 16.6. The third-order valence-corrected chi connectivity index (χ3v) is 5.37. The standard InChI is InChI=1S/C17H24N4OS/c1-5-6-15-18-9-14(23-15)17(22)21-8-7-13-12(10-21)19-16(11(2)3)20(13)4/h9,11H,5-8,10H2,1-4H3. The van der Waals surface area contributed by atoms with Gasteiger partial charge in [-0.2, -0.15) is 0 Å². The molecule has 0 aromatic carbocycles. The number of hydrogen-bond donors (Lipinski definition) is 0. The normalized spacial score (nSPS) is 14.4. The van der Waals surface area contributed by atoms with Crippen molar-refractivity contribution in [3.8, 4) is 0 Å². The molecular weight excluding hydrogens is 308 g/mol. The van der Waals surface area contributed by atoms with Crippen LogP contribution in [0.5, 0.6) is 0 Å². The summed E-state index contributed by atoms with van der Waals surface area (Å²) in [6.45, 7) is 7.80. The fraction of sp³-hybridized carbons (Fsp3) is 0.588. The molecule has 0 bridgehead atoms.